The predicted molar refractivity (Wildman–Crippen MR) is 71.8 cm³/mol. The Bertz CT molecular complexity index is 284. The summed E-state index contributed by atoms with van der Waals surface area (Å²) in [6.45, 7) is 2.75. The number of methoxy groups -OCH3 is 1. The van der Waals surface area contributed by atoms with E-state index in [0.717, 1.165) is 32.2 Å². The molecule has 17 heavy (non-hydrogen) atoms. The lowest BCUT2D eigenvalue weighted by molar-refractivity contribution is -0.133. The Labute approximate surface area is 108 Å². The van der Waals surface area contributed by atoms with Crippen LogP contribution in [0.15, 0.2) is 0 Å². The molecule has 1 amide bonds. The number of rotatable bonds is 5. The molecule has 1 rings (SSSR count). The van der Waals surface area contributed by atoms with E-state index in [9.17, 15) is 4.79 Å². The number of nitrogens with zero attached hydrogens (tertiary/aromatic N) is 1. The lowest BCUT2D eigenvalue weighted by Crippen LogP contribution is -2.49. The van der Waals surface area contributed by atoms with Crippen LogP contribution < -0.4 is 5.73 Å². The van der Waals surface area contributed by atoms with E-state index in [1.807, 2.05) is 11.8 Å². The first-order valence-corrected chi connectivity index (χ1v) is 6.58. The normalized spacial score (nSPS) is 22.2. The molecule has 0 bridgehead atoms. The number of carbonyl (C=O) groups excluding carboxylic acids is 1. The standard InChI is InChI=1S/C12H22N2O2S/c1-9(16-2)6-7-11(15)14-8-4-3-5-10(14)12(13)17/h9-10H,3-8H2,1-2H3,(H2,13,17). The van der Waals surface area contributed by atoms with Crippen molar-refractivity contribution in [2.75, 3.05) is 13.7 Å². The summed E-state index contributed by atoms with van der Waals surface area (Å²) in [6.07, 6.45) is 4.42. The molecule has 0 aromatic rings. The van der Waals surface area contributed by atoms with Crippen molar-refractivity contribution < 1.29 is 9.53 Å². The Morgan fingerprint density at radius 3 is 2.88 bits per heavy atom. The number of ether oxygens (including phenoxy) is 1. The van der Waals surface area contributed by atoms with Gasteiger partial charge in [-0.2, -0.15) is 0 Å². The van der Waals surface area contributed by atoms with Crippen LogP contribution in [0.4, 0.5) is 0 Å². The topological polar surface area (TPSA) is 55.6 Å². The first-order chi connectivity index (χ1) is 8.06. The molecule has 0 aromatic heterocycles. The Hall–Kier alpha value is -0.680. The molecule has 2 unspecified atom stereocenters. The van der Waals surface area contributed by atoms with Gasteiger partial charge in [-0.1, -0.05) is 12.2 Å². The summed E-state index contributed by atoms with van der Waals surface area (Å²) < 4.78 is 5.14. The third kappa shape index (κ3) is 4.24. The van der Waals surface area contributed by atoms with E-state index >= 15 is 0 Å². The average molecular weight is 258 g/mol. The fourth-order valence-electron chi connectivity index (χ4n) is 2.11. The molecule has 4 nitrogen and oxygen atoms in total. The van der Waals surface area contributed by atoms with Crippen LogP contribution in [0, 0.1) is 0 Å². The van der Waals surface area contributed by atoms with Gasteiger partial charge in [0.2, 0.25) is 5.91 Å². The summed E-state index contributed by atoms with van der Waals surface area (Å²) in [5.74, 6) is 0.145. The van der Waals surface area contributed by atoms with Crippen LogP contribution in [0.1, 0.15) is 39.0 Å². The second kappa shape index (κ2) is 6.91. The summed E-state index contributed by atoms with van der Waals surface area (Å²) in [5, 5.41) is 0. The van der Waals surface area contributed by atoms with Crippen molar-refractivity contribution in [1.82, 2.24) is 4.90 Å². The monoisotopic (exact) mass is 258 g/mol. The van der Waals surface area contributed by atoms with Crippen LogP contribution in [-0.2, 0) is 9.53 Å². The highest BCUT2D eigenvalue weighted by atomic mass is 32.1. The maximum atomic E-state index is 12.1. The van der Waals surface area contributed by atoms with E-state index in [2.05, 4.69) is 0 Å². The second-order valence-electron chi connectivity index (χ2n) is 4.59. The Morgan fingerprint density at radius 1 is 1.59 bits per heavy atom. The number of thiocarbonyl (C=S) groups is 1. The maximum absolute atomic E-state index is 12.1. The third-order valence-corrected chi connectivity index (χ3v) is 3.59. The number of hydrogen-bond acceptors (Lipinski definition) is 3. The van der Waals surface area contributed by atoms with Crippen LogP contribution in [-0.4, -0.2) is 41.6 Å². The average Bonchev–Trinajstić information content (AvgIpc) is 2.35. The van der Waals surface area contributed by atoms with E-state index in [0.29, 0.717) is 11.4 Å². The van der Waals surface area contributed by atoms with Gasteiger partial charge in [0.05, 0.1) is 17.1 Å². The molecule has 1 aliphatic rings. The van der Waals surface area contributed by atoms with Crippen molar-refractivity contribution >= 4 is 23.1 Å². The minimum Gasteiger partial charge on any atom is -0.392 e. The summed E-state index contributed by atoms with van der Waals surface area (Å²) in [6, 6.07) is -0.0379. The Morgan fingerprint density at radius 2 is 2.29 bits per heavy atom. The van der Waals surface area contributed by atoms with E-state index in [4.69, 9.17) is 22.7 Å². The molecule has 2 atom stereocenters. The Kier molecular flexibility index (Phi) is 5.85. The van der Waals surface area contributed by atoms with Crippen LogP contribution in [0.2, 0.25) is 0 Å². The van der Waals surface area contributed by atoms with Gasteiger partial charge in [-0.3, -0.25) is 4.79 Å². The molecule has 0 aromatic carbocycles. The molecule has 2 N–H and O–H groups in total. The molecule has 1 saturated heterocycles. The quantitative estimate of drug-likeness (QED) is 0.759. The number of carbonyl (C=O) groups is 1. The lowest BCUT2D eigenvalue weighted by atomic mass is 10.0. The largest absolute Gasteiger partial charge is 0.392 e. The molecule has 1 fully saturated rings. The van der Waals surface area contributed by atoms with Crippen molar-refractivity contribution in [3.05, 3.63) is 0 Å². The van der Waals surface area contributed by atoms with Crippen molar-refractivity contribution in [1.29, 1.82) is 0 Å². The highest BCUT2D eigenvalue weighted by Gasteiger charge is 2.28. The molecular weight excluding hydrogens is 236 g/mol. The molecule has 1 aliphatic heterocycles. The van der Waals surface area contributed by atoms with Gasteiger partial charge in [0.1, 0.15) is 0 Å². The first-order valence-electron chi connectivity index (χ1n) is 6.17. The summed E-state index contributed by atoms with van der Waals surface area (Å²) in [5.41, 5.74) is 5.69. The van der Waals surface area contributed by atoms with Gasteiger partial charge in [0, 0.05) is 20.1 Å². The second-order valence-corrected chi connectivity index (χ2v) is 5.06. The molecule has 98 valence electrons. The zero-order valence-corrected chi connectivity index (χ0v) is 11.5. The number of amides is 1. The molecule has 1 heterocycles. The highest BCUT2D eigenvalue weighted by Crippen LogP contribution is 2.19. The molecule has 0 aliphatic carbocycles. The minimum atomic E-state index is -0.0379. The molecule has 0 saturated carbocycles. The highest BCUT2D eigenvalue weighted by molar-refractivity contribution is 7.80. The van der Waals surface area contributed by atoms with Crippen LogP contribution >= 0.6 is 12.2 Å². The zero-order valence-electron chi connectivity index (χ0n) is 10.6. The van der Waals surface area contributed by atoms with Gasteiger partial charge in [0.15, 0.2) is 0 Å². The summed E-state index contributed by atoms with van der Waals surface area (Å²) >= 11 is 5.03. The number of piperidine rings is 1. The smallest absolute Gasteiger partial charge is 0.223 e. The van der Waals surface area contributed by atoms with Crippen LogP contribution in [0.25, 0.3) is 0 Å². The lowest BCUT2D eigenvalue weighted by Gasteiger charge is -2.35. The third-order valence-electron chi connectivity index (χ3n) is 3.32. The minimum absolute atomic E-state index is 0.0379. The van der Waals surface area contributed by atoms with Gasteiger partial charge >= 0.3 is 0 Å². The van der Waals surface area contributed by atoms with Crippen LogP contribution in [0.3, 0.4) is 0 Å². The number of nitrogens with two attached hydrogens (primary N) is 1. The number of likely N-dealkylation sites (tertiary alicyclic amines) is 1. The van der Waals surface area contributed by atoms with E-state index in [1.54, 1.807) is 7.11 Å². The fourth-order valence-corrected chi connectivity index (χ4v) is 2.36. The van der Waals surface area contributed by atoms with E-state index in [1.165, 1.54) is 0 Å². The van der Waals surface area contributed by atoms with E-state index in [-0.39, 0.29) is 18.1 Å². The fraction of sp³-hybridized carbons (Fsp3) is 0.833. The van der Waals surface area contributed by atoms with Crippen molar-refractivity contribution in [3.8, 4) is 0 Å². The van der Waals surface area contributed by atoms with Crippen molar-refractivity contribution in [2.24, 2.45) is 5.73 Å². The Balaban J connectivity index is 2.50. The maximum Gasteiger partial charge on any atom is 0.223 e. The van der Waals surface area contributed by atoms with E-state index < -0.39 is 0 Å². The molecule has 5 heteroatoms. The molecular formula is C12H22N2O2S. The van der Waals surface area contributed by atoms with Gasteiger partial charge in [-0.05, 0) is 32.6 Å². The SMILES string of the molecule is COC(C)CCC(=O)N1CCCCC1C(N)=S. The van der Waals surface area contributed by atoms with Crippen molar-refractivity contribution in [3.63, 3.8) is 0 Å². The summed E-state index contributed by atoms with van der Waals surface area (Å²) in [4.78, 5) is 14.4. The van der Waals surface area contributed by atoms with Crippen molar-refractivity contribution in [2.45, 2.75) is 51.2 Å². The summed E-state index contributed by atoms with van der Waals surface area (Å²) in [7, 11) is 1.66. The molecule has 0 spiro atoms. The first kappa shape index (κ1) is 14.4. The van der Waals surface area contributed by atoms with Gasteiger partial charge < -0.3 is 15.4 Å². The number of hydrogen-bond donors (Lipinski definition) is 1. The van der Waals surface area contributed by atoms with Crippen LogP contribution in [0.5, 0.6) is 0 Å². The molecule has 0 radical (unpaired) electrons. The van der Waals surface area contributed by atoms with Gasteiger partial charge in [-0.15, -0.1) is 0 Å². The van der Waals surface area contributed by atoms with Gasteiger partial charge in [-0.25, -0.2) is 0 Å². The zero-order chi connectivity index (χ0) is 12.8. The van der Waals surface area contributed by atoms with Gasteiger partial charge in [0.25, 0.3) is 0 Å². The predicted octanol–water partition coefficient (Wildman–Crippen LogP) is 1.47.